The van der Waals surface area contributed by atoms with Crippen LogP contribution in [0.3, 0.4) is 0 Å². The molecule has 3 rings (SSSR count). The second-order valence-corrected chi connectivity index (χ2v) is 6.66. The van der Waals surface area contributed by atoms with E-state index in [0.29, 0.717) is 24.6 Å². The van der Waals surface area contributed by atoms with Crippen LogP contribution in [0.5, 0.6) is 0 Å². The summed E-state index contributed by atoms with van der Waals surface area (Å²) in [6, 6.07) is 6.52. The molecular formula is C14H15ClN6O3S. The fourth-order valence-electron chi connectivity index (χ4n) is 2.32. The molecule has 0 aliphatic carbocycles. The van der Waals surface area contributed by atoms with Gasteiger partial charge in [0.05, 0.1) is 17.3 Å². The fraction of sp³-hybridized carbons (Fsp3) is 0.214. The Balaban J connectivity index is 1.77. The summed E-state index contributed by atoms with van der Waals surface area (Å²) < 4.78 is 34.0. The molecule has 0 saturated carbocycles. The van der Waals surface area contributed by atoms with Crippen molar-refractivity contribution in [3.63, 3.8) is 0 Å². The van der Waals surface area contributed by atoms with E-state index in [9.17, 15) is 8.42 Å². The van der Waals surface area contributed by atoms with Gasteiger partial charge in [-0.15, -0.1) is 0 Å². The molecule has 0 aliphatic heterocycles. The molecule has 0 aliphatic rings. The average Bonchev–Trinajstić information content (AvgIpc) is 2.95. The van der Waals surface area contributed by atoms with Gasteiger partial charge in [-0.2, -0.15) is 23.5 Å². The number of hydrogen-bond acceptors (Lipinski definition) is 6. The third-order valence-corrected chi connectivity index (χ3v) is 4.09. The summed E-state index contributed by atoms with van der Waals surface area (Å²) in [7, 11) is -4.28. The highest BCUT2D eigenvalue weighted by Crippen LogP contribution is 2.22. The number of hydrogen-bond donors (Lipinski definition) is 3. The predicted octanol–water partition coefficient (Wildman–Crippen LogP) is 2.33. The van der Waals surface area contributed by atoms with E-state index in [1.54, 1.807) is 35.1 Å². The van der Waals surface area contributed by atoms with Crippen LogP contribution in [0.4, 0.5) is 11.5 Å². The van der Waals surface area contributed by atoms with Crippen molar-refractivity contribution in [1.82, 2.24) is 19.7 Å². The molecule has 11 heteroatoms. The predicted molar refractivity (Wildman–Crippen MR) is 94.9 cm³/mol. The summed E-state index contributed by atoms with van der Waals surface area (Å²) in [4.78, 5) is 8.39. The zero-order chi connectivity index (χ0) is 18.0. The molecule has 1 aromatic carbocycles. The van der Waals surface area contributed by atoms with Crippen LogP contribution in [0.15, 0.2) is 30.5 Å². The minimum Gasteiger partial charge on any atom is -0.365 e. The molecule has 0 unspecified atom stereocenters. The molecule has 25 heavy (non-hydrogen) atoms. The normalized spacial score (nSPS) is 11.6. The van der Waals surface area contributed by atoms with Gasteiger partial charge in [-0.25, -0.2) is 4.68 Å². The van der Waals surface area contributed by atoms with E-state index in [4.69, 9.17) is 16.2 Å². The van der Waals surface area contributed by atoms with Crippen molar-refractivity contribution in [2.24, 2.45) is 0 Å². The highest BCUT2D eigenvalue weighted by molar-refractivity contribution is 7.87. The Morgan fingerprint density at radius 2 is 1.96 bits per heavy atom. The molecule has 0 amide bonds. The first-order valence-electron chi connectivity index (χ1n) is 7.33. The van der Waals surface area contributed by atoms with Crippen LogP contribution in [-0.2, 0) is 23.4 Å². The van der Waals surface area contributed by atoms with Gasteiger partial charge in [-0.3, -0.25) is 9.27 Å². The molecule has 2 aromatic heterocycles. The molecule has 132 valence electrons. The van der Waals surface area contributed by atoms with Crippen LogP contribution < -0.4 is 10.0 Å². The summed E-state index contributed by atoms with van der Waals surface area (Å²) in [5.74, 6) is 0.565. The third kappa shape index (κ3) is 4.16. The van der Waals surface area contributed by atoms with Gasteiger partial charge in [0.15, 0.2) is 5.65 Å². The standard InChI is InChI=1S/C14H15ClN6O3S/c1-2-21-13-11(8-17-21)12(18-14(15)19-13)16-7-9-3-5-10(6-4-9)20-25(22,23)24/h3-6,8,20H,2,7H2,1H3,(H,16,18,19)(H,22,23,24). The van der Waals surface area contributed by atoms with Crippen molar-refractivity contribution in [2.45, 2.75) is 20.0 Å². The van der Waals surface area contributed by atoms with Crippen molar-refractivity contribution in [2.75, 3.05) is 10.0 Å². The molecule has 0 fully saturated rings. The number of nitrogens with zero attached hydrogens (tertiary/aromatic N) is 4. The second-order valence-electron chi connectivity index (χ2n) is 5.17. The fourth-order valence-corrected chi connectivity index (χ4v) is 2.92. The maximum Gasteiger partial charge on any atom is 0.357 e. The van der Waals surface area contributed by atoms with Crippen molar-refractivity contribution in [1.29, 1.82) is 0 Å². The maximum absolute atomic E-state index is 10.8. The summed E-state index contributed by atoms with van der Waals surface area (Å²) in [5.41, 5.74) is 1.80. The Kier molecular flexibility index (Phi) is 4.75. The van der Waals surface area contributed by atoms with Gasteiger partial charge >= 0.3 is 10.3 Å². The maximum atomic E-state index is 10.8. The zero-order valence-electron chi connectivity index (χ0n) is 13.1. The number of nitrogens with one attached hydrogen (secondary N) is 2. The topological polar surface area (TPSA) is 122 Å². The molecule has 0 saturated heterocycles. The van der Waals surface area contributed by atoms with Gasteiger partial charge in [0.25, 0.3) is 0 Å². The smallest absolute Gasteiger partial charge is 0.357 e. The largest absolute Gasteiger partial charge is 0.365 e. The van der Waals surface area contributed by atoms with Gasteiger partial charge in [0, 0.05) is 13.1 Å². The molecule has 0 bridgehead atoms. The lowest BCUT2D eigenvalue weighted by molar-refractivity contribution is 0.489. The molecule has 0 atom stereocenters. The lowest BCUT2D eigenvalue weighted by Gasteiger charge is -2.08. The number of aryl methyl sites for hydroxylation is 1. The average molecular weight is 383 g/mol. The Morgan fingerprint density at radius 1 is 1.24 bits per heavy atom. The summed E-state index contributed by atoms with van der Waals surface area (Å²) in [6.45, 7) is 3.06. The number of halogens is 1. The van der Waals surface area contributed by atoms with Gasteiger partial charge in [0.2, 0.25) is 5.28 Å². The summed E-state index contributed by atoms with van der Waals surface area (Å²) >= 11 is 5.98. The second kappa shape index (κ2) is 6.82. The third-order valence-electron chi connectivity index (χ3n) is 3.43. The molecular weight excluding hydrogens is 368 g/mol. The Morgan fingerprint density at radius 3 is 2.60 bits per heavy atom. The summed E-state index contributed by atoms with van der Waals surface area (Å²) in [5, 5.41) is 8.30. The van der Waals surface area contributed by atoms with Gasteiger partial charge in [-0.05, 0) is 36.2 Å². The quantitative estimate of drug-likeness (QED) is 0.441. The van der Waals surface area contributed by atoms with Gasteiger partial charge in [-0.1, -0.05) is 12.1 Å². The van der Waals surface area contributed by atoms with E-state index in [1.807, 2.05) is 11.6 Å². The minimum atomic E-state index is -4.28. The van der Waals surface area contributed by atoms with E-state index >= 15 is 0 Å². The number of fused-ring (bicyclic) bond motifs is 1. The lowest BCUT2D eigenvalue weighted by Crippen LogP contribution is -2.10. The van der Waals surface area contributed by atoms with Crippen molar-refractivity contribution >= 4 is 44.4 Å². The first-order chi connectivity index (χ1) is 11.9. The van der Waals surface area contributed by atoms with Crippen LogP contribution in [0.25, 0.3) is 11.0 Å². The first-order valence-corrected chi connectivity index (χ1v) is 9.14. The highest BCUT2D eigenvalue weighted by Gasteiger charge is 2.11. The SMILES string of the molecule is CCn1ncc2c(NCc3ccc(NS(=O)(=O)O)cc3)nc(Cl)nc21. The van der Waals surface area contributed by atoms with Crippen molar-refractivity contribution in [3.05, 3.63) is 41.3 Å². The Hall–Kier alpha value is -2.43. The van der Waals surface area contributed by atoms with E-state index in [2.05, 4.69) is 20.4 Å². The van der Waals surface area contributed by atoms with Gasteiger partial charge in [0.1, 0.15) is 5.82 Å². The molecule has 2 heterocycles. The van der Waals surface area contributed by atoms with E-state index < -0.39 is 10.3 Å². The van der Waals surface area contributed by atoms with Gasteiger partial charge < -0.3 is 5.32 Å². The molecule has 3 N–H and O–H groups in total. The number of benzene rings is 1. The minimum absolute atomic E-state index is 0.123. The van der Waals surface area contributed by atoms with Crippen molar-refractivity contribution in [3.8, 4) is 0 Å². The monoisotopic (exact) mass is 382 g/mol. The van der Waals surface area contributed by atoms with Crippen molar-refractivity contribution < 1.29 is 13.0 Å². The van der Waals surface area contributed by atoms with E-state index in [0.717, 1.165) is 10.9 Å². The van der Waals surface area contributed by atoms with Crippen LogP contribution in [0.1, 0.15) is 12.5 Å². The number of anilines is 2. The van der Waals surface area contributed by atoms with E-state index in [-0.39, 0.29) is 11.0 Å². The first kappa shape index (κ1) is 17.4. The van der Waals surface area contributed by atoms with Crippen LogP contribution >= 0.6 is 11.6 Å². The zero-order valence-corrected chi connectivity index (χ0v) is 14.7. The number of aromatic nitrogens is 4. The molecule has 3 aromatic rings. The molecule has 9 nitrogen and oxygen atoms in total. The number of rotatable bonds is 6. The highest BCUT2D eigenvalue weighted by atomic mass is 35.5. The molecule has 0 spiro atoms. The van der Waals surface area contributed by atoms with Crippen LogP contribution in [0.2, 0.25) is 5.28 Å². The Labute approximate surface area is 148 Å². The summed E-state index contributed by atoms with van der Waals surface area (Å²) in [6.07, 6.45) is 1.68. The van der Waals surface area contributed by atoms with Crippen LogP contribution in [0, 0.1) is 0 Å². The lowest BCUT2D eigenvalue weighted by atomic mass is 10.2. The van der Waals surface area contributed by atoms with Crippen LogP contribution in [-0.4, -0.2) is 32.7 Å². The Bertz CT molecular complexity index is 1000. The van der Waals surface area contributed by atoms with E-state index in [1.165, 1.54) is 0 Å². The molecule has 0 radical (unpaired) electrons.